The van der Waals surface area contributed by atoms with Gasteiger partial charge in [0.25, 0.3) is 5.56 Å². The summed E-state index contributed by atoms with van der Waals surface area (Å²) in [6.45, 7) is 0. The first-order valence-electron chi connectivity index (χ1n) is 5.57. The van der Waals surface area contributed by atoms with Crippen molar-refractivity contribution in [3.8, 4) is 5.69 Å². The molecule has 1 heterocycles. The molecule has 5 nitrogen and oxygen atoms in total. The van der Waals surface area contributed by atoms with Crippen LogP contribution in [0.3, 0.4) is 0 Å². The van der Waals surface area contributed by atoms with Gasteiger partial charge in [0.1, 0.15) is 0 Å². The van der Waals surface area contributed by atoms with E-state index in [2.05, 4.69) is 4.98 Å². The van der Waals surface area contributed by atoms with Crippen molar-refractivity contribution in [2.75, 3.05) is 6.26 Å². The maximum atomic E-state index is 12.7. The van der Waals surface area contributed by atoms with E-state index in [4.69, 9.17) is 0 Å². The molecule has 0 saturated carbocycles. The van der Waals surface area contributed by atoms with E-state index in [9.17, 15) is 26.4 Å². The molecule has 112 valence electrons. The van der Waals surface area contributed by atoms with Gasteiger partial charge in [0.2, 0.25) is 15.0 Å². The summed E-state index contributed by atoms with van der Waals surface area (Å²) < 4.78 is 62.0. The van der Waals surface area contributed by atoms with Gasteiger partial charge in [-0.2, -0.15) is 13.2 Å². The van der Waals surface area contributed by atoms with Gasteiger partial charge in [-0.15, -0.1) is 0 Å². The number of para-hydroxylation sites is 1. The van der Waals surface area contributed by atoms with E-state index in [0.717, 1.165) is 0 Å². The van der Waals surface area contributed by atoms with Crippen LogP contribution in [0.15, 0.2) is 46.3 Å². The largest absolute Gasteiger partial charge is 0.433 e. The first-order chi connectivity index (χ1) is 9.60. The highest BCUT2D eigenvalue weighted by Gasteiger charge is 2.35. The molecule has 0 amide bonds. The van der Waals surface area contributed by atoms with E-state index >= 15 is 0 Å². The second kappa shape index (κ2) is 4.99. The number of sulfone groups is 1. The maximum absolute atomic E-state index is 12.7. The molecule has 21 heavy (non-hydrogen) atoms. The Morgan fingerprint density at radius 1 is 1.14 bits per heavy atom. The SMILES string of the molecule is CS(=O)(=O)c1nc(C(F)(F)F)cc(=O)n1-c1ccccc1. The molecular formula is C12H9F3N2O3S. The topological polar surface area (TPSA) is 69.0 Å². The summed E-state index contributed by atoms with van der Waals surface area (Å²) in [7, 11) is -4.14. The van der Waals surface area contributed by atoms with Crippen molar-refractivity contribution in [3.63, 3.8) is 0 Å². The fourth-order valence-corrected chi connectivity index (χ4v) is 2.46. The van der Waals surface area contributed by atoms with E-state index in [1.54, 1.807) is 6.07 Å². The molecule has 9 heteroatoms. The molecule has 0 saturated heterocycles. The first-order valence-corrected chi connectivity index (χ1v) is 7.46. The first kappa shape index (κ1) is 15.2. The summed E-state index contributed by atoms with van der Waals surface area (Å²) in [4.78, 5) is 15.0. The average Bonchev–Trinajstić information content (AvgIpc) is 2.36. The highest BCUT2D eigenvalue weighted by atomic mass is 32.2. The predicted molar refractivity (Wildman–Crippen MR) is 67.9 cm³/mol. The number of halogens is 3. The normalized spacial score (nSPS) is 12.4. The van der Waals surface area contributed by atoms with Crippen molar-refractivity contribution < 1.29 is 21.6 Å². The van der Waals surface area contributed by atoms with Gasteiger partial charge < -0.3 is 0 Å². The van der Waals surface area contributed by atoms with Gasteiger partial charge >= 0.3 is 6.18 Å². The quantitative estimate of drug-likeness (QED) is 0.790. The Morgan fingerprint density at radius 2 is 1.71 bits per heavy atom. The zero-order chi connectivity index (χ0) is 15.8. The Kier molecular flexibility index (Phi) is 3.62. The molecule has 0 atom stereocenters. The molecule has 2 rings (SSSR count). The molecule has 1 aromatic carbocycles. The summed E-state index contributed by atoms with van der Waals surface area (Å²) in [5.41, 5.74) is -2.55. The number of aromatic nitrogens is 2. The van der Waals surface area contributed by atoms with Gasteiger partial charge in [-0.05, 0) is 12.1 Å². The van der Waals surface area contributed by atoms with Crippen LogP contribution in [0, 0.1) is 0 Å². The van der Waals surface area contributed by atoms with Crippen LogP contribution in [0.1, 0.15) is 5.69 Å². The van der Waals surface area contributed by atoms with Gasteiger partial charge in [-0.3, -0.25) is 9.36 Å². The molecule has 0 fully saturated rings. The number of hydrogen-bond donors (Lipinski definition) is 0. The summed E-state index contributed by atoms with van der Waals surface area (Å²) in [6, 6.07) is 7.71. The highest BCUT2D eigenvalue weighted by molar-refractivity contribution is 7.90. The summed E-state index contributed by atoms with van der Waals surface area (Å²) in [5, 5.41) is -0.950. The lowest BCUT2D eigenvalue weighted by Gasteiger charge is -2.13. The maximum Gasteiger partial charge on any atom is 0.433 e. The van der Waals surface area contributed by atoms with Crippen molar-refractivity contribution in [1.29, 1.82) is 0 Å². The summed E-state index contributed by atoms with van der Waals surface area (Å²) >= 11 is 0. The minimum absolute atomic E-state index is 0.115. The lowest BCUT2D eigenvalue weighted by atomic mass is 10.3. The monoisotopic (exact) mass is 318 g/mol. The van der Waals surface area contributed by atoms with Crippen LogP contribution in [0.5, 0.6) is 0 Å². The highest BCUT2D eigenvalue weighted by Crippen LogP contribution is 2.27. The molecule has 1 aromatic heterocycles. The van der Waals surface area contributed by atoms with Crippen LogP contribution in [0.2, 0.25) is 0 Å². The molecular weight excluding hydrogens is 309 g/mol. The van der Waals surface area contributed by atoms with E-state index in [1.165, 1.54) is 24.3 Å². The van der Waals surface area contributed by atoms with Crippen molar-refractivity contribution in [3.05, 3.63) is 52.4 Å². The fourth-order valence-electron chi connectivity index (χ4n) is 1.67. The van der Waals surface area contributed by atoms with Crippen LogP contribution in [-0.4, -0.2) is 24.2 Å². The van der Waals surface area contributed by atoms with Gasteiger partial charge in [0, 0.05) is 12.3 Å². The minimum Gasteiger partial charge on any atom is -0.269 e. The standard InChI is InChI=1S/C12H9F3N2O3S/c1-21(19,20)11-16-9(12(13,14)15)7-10(18)17(11)8-5-3-2-4-6-8/h2-7H,1H3. The van der Waals surface area contributed by atoms with Crippen LogP contribution in [0.4, 0.5) is 13.2 Å². The molecule has 0 aliphatic rings. The van der Waals surface area contributed by atoms with Crippen LogP contribution in [-0.2, 0) is 16.0 Å². The zero-order valence-electron chi connectivity index (χ0n) is 10.6. The van der Waals surface area contributed by atoms with E-state index in [-0.39, 0.29) is 11.8 Å². The Hall–Kier alpha value is -2.16. The Bertz CT molecular complexity index is 827. The molecule has 0 spiro atoms. The molecule has 0 unspecified atom stereocenters. The van der Waals surface area contributed by atoms with Crippen LogP contribution in [0.25, 0.3) is 5.69 Å². The predicted octanol–water partition coefficient (Wildman–Crippen LogP) is 1.65. The van der Waals surface area contributed by atoms with E-state index in [0.29, 0.717) is 10.8 Å². The molecule has 2 aromatic rings. The smallest absolute Gasteiger partial charge is 0.269 e. The number of rotatable bonds is 2. The van der Waals surface area contributed by atoms with Gasteiger partial charge in [-0.25, -0.2) is 13.4 Å². The van der Waals surface area contributed by atoms with E-state index in [1.807, 2.05) is 0 Å². The average molecular weight is 318 g/mol. The Balaban J connectivity index is 2.87. The lowest BCUT2D eigenvalue weighted by Crippen LogP contribution is -2.28. The third-order valence-electron chi connectivity index (χ3n) is 2.52. The molecule has 0 bridgehead atoms. The second-order valence-electron chi connectivity index (χ2n) is 4.20. The third-order valence-corrected chi connectivity index (χ3v) is 3.46. The second-order valence-corrected chi connectivity index (χ2v) is 6.11. The third kappa shape index (κ3) is 3.13. The minimum atomic E-state index is -4.91. The Morgan fingerprint density at radius 3 is 2.19 bits per heavy atom. The molecule has 0 aliphatic heterocycles. The molecule has 0 aliphatic carbocycles. The van der Waals surface area contributed by atoms with Gasteiger partial charge in [-0.1, -0.05) is 18.2 Å². The molecule has 0 radical (unpaired) electrons. The Labute approximate surface area is 117 Å². The summed E-state index contributed by atoms with van der Waals surface area (Å²) in [6.07, 6.45) is -4.22. The number of alkyl halides is 3. The van der Waals surface area contributed by atoms with Crippen molar-refractivity contribution in [2.45, 2.75) is 11.3 Å². The van der Waals surface area contributed by atoms with Crippen LogP contribution < -0.4 is 5.56 Å². The fraction of sp³-hybridized carbons (Fsp3) is 0.167. The van der Waals surface area contributed by atoms with Crippen molar-refractivity contribution in [2.24, 2.45) is 0 Å². The number of nitrogens with zero attached hydrogens (tertiary/aromatic N) is 2. The zero-order valence-corrected chi connectivity index (χ0v) is 11.4. The van der Waals surface area contributed by atoms with Crippen molar-refractivity contribution in [1.82, 2.24) is 9.55 Å². The van der Waals surface area contributed by atoms with E-state index < -0.39 is 32.4 Å². The van der Waals surface area contributed by atoms with Crippen LogP contribution >= 0.6 is 0 Å². The van der Waals surface area contributed by atoms with Gasteiger partial charge in [0.05, 0.1) is 5.69 Å². The number of benzene rings is 1. The number of hydrogen-bond acceptors (Lipinski definition) is 4. The van der Waals surface area contributed by atoms with Gasteiger partial charge in [0.15, 0.2) is 5.69 Å². The van der Waals surface area contributed by atoms with Crippen molar-refractivity contribution >= 4 is 9.84 Å². The molecule has 0 N–H and O–H groups in total. The lowest BCUT2D eigenvalue weighted by molar-refractivity contribution is -0.141. The summed E-state index contributed by atoms with van der Waals surface area (Å²) in [5.74, 6) is 0.